The van der Waals surface area contributed by atoms with Gasteiger partial charge in [-0.25, -0.2) is 4.79 Å². The van der Waals surface area contributed by atoms with Gasteiger partial charge in [-0.05, 0) is 36.2 Å². The predicted molar refractivity (Wildman–Crippen MR) is 81.6 cm³/mol. The van der Waals surface area contributed by atoms with Crippen LogP contribution in [-0.4, -0.2) is 17.7 Å². The molecule has 0 atom stereocenters. The number of nitrogens with one attached hydrogen (secondary N) is 1. The summed E-state index contributed by atoms with van der Waals surface area (Å²) in [6, 6.07) is 14.9. The summed E-state index contributed by atoms with van der Waals surface area (Å²) in [5.41, 5.74) is 2.23. The normalized spacial score (nSPS) is 10.3. The van der Waals surface area contributed by atoms with Gasteiger partial charge >= 0.3 is 5.97 Å². The van der Waals surface area contributed by atoms with Crippen LogP contribution in [0.3, 0.4) is 0 Å². The van der Waals surface area contributed by atoms with Crippen LogP contribution in [0.4, 0.5) is 0 Å². The van der Waals surface area contributed by atoms with Crippen LogP contribution in [0.2, 0.25) is 0 Å². The van der Waals surface area contributed by atoms with E-state index in [0.717, 1.165) is 16.9 Å². The van der Waals surface area contributed by atoms with E-state index in [4.69, 9.17) is 9.84 Å². The summed E-state index contributed by atoms with van der Waals surface area (Å²) in [6.07, 6.45) is 0. The van der Waals surface area contributed by atoms with Crippen molar-refractivity contribution in [2.45, 2.75) is 20.0 Å². The van der Waals surface area contributed by atoms with E-state index in [0.29, 0.717) is 25.3 Å². The lowest BCUT2D eigenvalue weighted by atomic mass is 10.1. The van der Waals surface area contributed by atoms with E-state index in [1.165, 1.54) is 0 Å². The molecule has 21 heavy (non-hydrogen) atoms. The first kappa shape index (κ1) is 15.1. The lowest BCUT2D eigenvalue weighted by Crippen LogP contribution is -2.15. The van der Waals surface area contributed by atoms with Gasteiger partial charge in [0.05, 0.1) is 12.2 Å². The maximum Gasteiger partial charge on any atom is 0.336 e. The molecular weight excluding hydrogens is 266 g/mol. The predicted octanol–water partition coefficient (Wildman–Crippen LogP) is 3.07. The molecule has 0 aromatic heterocycles. The zero-order valence-electron chi connectivity index (χ0n) is 12.0. The fraction of sp³-hybridized carbons (Fsp3) is 0.235. The van der Waals surface area contributed by atoms with Crippen molar-refractivity contribution in [3.8, 4) is 5.75 Å². The second kappa shape index (κ2) is 7.45. The lowest BCUT2D eigenvalue weighted by molar-refractivity contribution is 0.0695. The summed E-state index contributed by atoms with van der Waals surface area (Å²) in [5, 5.41) is 12.4. The Morgan fingerprint density at radius 1 is 1.14 bits per heavy atom. The van der Waals surface area contributed by atoms with Gasteiger partial charge in [-0.1, -0.05) is 30.3 Å². The van der Waals surface area contributed by atoms with Crippen molar-refractivity contribution in [1.29, 1.82) is 0 Å². The molecule has 0 radical (unpaired) electrons. The molecule has 4 nitrogen and oxygen atoms in total. The lowest BCUT2D eigenvalue weighted by Gasteiger charge is -2.09. The molecule has 0 heterocycles. The van der Waals surface area contributed by atoms with Crippen LogP contribution in [0.1, 0.15) is 28.4 Å². The first-order chi connectivity index (χ1) is 10.2. The highest BCUT2D eigenvalue weighted by atomic mass is 16.5. The zero-order chi connectivity index (χ0) is 15.1. The summed E-state index contributed by atoms with van der Waals surface area (Å²) in [7, 11) is 0. The Labute approximate surface area is 124 Å². The Morgan fingerprint density at radius 2 is 1.95 bits per heavy atom. The third kappa shape index (κ3) is 4.33. The third-order valence-corrected chi connectivity index (χ3v) is 3.10. The van der Waals surface area contributed by atoms with Gasteiger partial charge in [0.15, 0.2) is 0 Å². The Bertz CT molecular complexity index is 610. The van der Waals surface area contributed by atoms with E-state index in [9.17, 15) is 4.79 Å². The highest BCUT2D eigenvalue weighted by molar-refractivity contribution is 5.89. The molecule has 0 amide bonds. The number of carbonyl (C=O) groups is 1. The average Bonchev–Trinajstić information content (AvgIpc) is 2.48. The van der Waals surface area contributed by atoms with E-state index in [-0.39, 0.29) is 0 Å². The number of hydrogen-bond acceptors (Lipinski definition) is 3. The van der Waals surface area contributed by atoms with Crippen molar-refractivity contribution < 1.29 is 14.6 Å². The zero-order valence-corrected chi connectivity index (χ0v) is 12.0. The molecule has 0 aliphatic rings. The van der Waals surface area contributed by atoms with Crippen molar-refractivity contribution >= 4 is 5.97 Å². The maximum absolute atomic E-state index is 11.1. The monoisotopic (exact) mass is 285 g/mol. The van der Waals surface area contributed by atoms with Crippen molar-refractivity contribution in [2.24, 2.45) is 0 Å². The molecule has 2 rings (SSSR count). The first-order valence-electron chi connectivity index (χ1n) is 6.94. The molecule has 0 bridgehead atoms. The van der Waals surface area contributed by atoms with E-state index >= 15 is 0 Å². The minimum Gasteiger partial charge on any atom is -0.494 e. The number of aromatic carboxylic acids is 1. The minimum absolute atomic E-state index is 0.341. The average molecular weight is 285 g/mol. The topological polar surface area (TPSA) is 58.6 Å². The van der Waals surface area contributed by atoms with E-state index in [1.54, 1.807) is 12.1 Å². The van der Waals surface area contributed by atoms with Gasteiger partial charge < -0.3 is 15.2 Å². The van der Waals surface area contributed by atoms with E-state index in [2.05, 4.69) is 5.32 Å². The molecule has 0 fully saturated rings. The van der Waals surface area contributed by atoms with Gasteiger partial charge in [0.2, 0.25) is 0 Å². The summed E-state index contributed by atoms with van der Waals surface area (Å²) in [4.78, 5) is 11.1. The quantitative estimate of drug-likeness (QED) is 0.821. The highest BCUT2D eigenvalue weighted by Gasteiger charge is 2.08. The Morgan fingerprint density at radius 3 is 2.71 bits per heavy atom. The molecule has 4 heteroatoms. The van der Waals surface area contributed by atoms with Crippen LogP contribution < -0.4 is 10.1 Å². The minimum atomic E-state index is -0.897. The Kier molecular flexibility index (Phi) is 5.35. The van der Waals surface area contributed by atoms with E-state index < -0.39 is 5.97 Å². The number of carboxylic acids is 1. The van der Waals surface area contributed by atoms with Crippen LogP contribution in [0.25, 0.3) is 0 Å². The Hall–Kier alpha value is -2.33. The highest BCUT2D eigenvalue weighted by Crippen LogP contribution is 2.14. The van der Waals surface area contributed by atoms with Crippen LogP contribution in [0.15, 0.2) is 48.5 Å². The molecule has 0 unspecified atom stereocenters. The first-order valence-corrected chi connectivity index (χ1v) is 6.94. The second-order valence-corrected chi connectivity index (χ2v) is 4.65. The Balaban J connectivity index is 1.95. The van der Waals surface area contributed by atoms with Gasteiger partial charge in [0.1, 0.15) is 5.75 Å². The molecule has 0 aliphatic heterocycles. The smallest absolute Gasteiger partial charge is 0.336 e. The largest absolute Gasteiger partial charge is 0.494 e. The van der Waals surface area contributed by atoms with Crippen molar-refractivity contribution in [3.63, 3.8) is 0 Å². The molecule has 0 aliphatic carbocycles. The molecular formula is C17H19NO3. The molecule has 2 aromatic rings. The van der Waals surface area contributed by atoms with Gasteiger partial charge in [-0.3, -0.25) is 0 Å². The third-order valence-electron chi connectivity index (χ3n) is 3.10. The maximum atomic E-state index is 11.1. The number of ether oxygens (including phenoxy) is 1. The molecule has 0 saturated carbocycles. The van der Waals surface area contributed by atoms with Crippen molar-refractivity contribution in [2.75, 3.05) is 6.61 Å². The fourth-order valence-corrected chi connectivity index (χ4v) is 2.14. The molecule has 2 aromatic carbocycles. The van der Waals surface area contributed by atoms with Crippen LogP contribution in [-0.2, 0) is 13.1 Å². The number of benzene rings is 2. The van der Waals surface area contributed by atoms with Crippen LogP contribution >= 0.6 is 0 Å². The standard InChI is InChI=1S/C17H19NO3/c1-2-21-15-8-5-6-13(10-15)11-18-12-14-7-3-4-9-16(14)17(19)20/h3-10,18H,2,11-12H2,1H3,(H,19,20). The molecule has 2 N–H and O–H groups in total. The molecule has 0 spiro atoms. The van der Waals surface area contributed by atoms with E-state index in [1.807, 2.05) is 43.3 Å². The van der Waals surface area contributed by atoms with Gasteiger partial charge in [-0.2, -0.15) is 0 Å². The summed E-state index contributed by atoms with van der Waals surface area (Å²) >= 11 is 0. The van der Waals surface area contributed by atoms with Crippen LogP contribution in [0.5, 0.6) is 5.75 Å². The van der Waals surface area contributed by atoms with Gasteiger partial charge in [-0.15, -0.1) is 0 Å². The van der Waals surface area contributed by atoms with Crippen molar-refractivity contribution in [3.05, 3.63) is 65.2 Å². The summed E-state index contributed by atoms with van der Waals surface area (Å²) < 4.78 is 5.46. The fourth-order valence-electron chi connectivity index (χ4n) is 2.14. The second-order valence-electron chi connectivity index (χ2n) is 4.65. The van der Waals surface area contributed by atoms with Crippen LogP contribution in [0, 0.1) is 0 Å². The van der Waals surface area contributed by atoms with Gasteiger partial charge in [0.25, 0.3) is 0 Å². The number of hydrogen-bond donors (Lipinski definition) is 2. The summed E-state index contributed by atoms with van der Waals surface area (Å²) in [6.45, 7) is 3.77. The van der Waals surface area contributed by atoms with Gasteiger partial charge in [0, 0.05) is 13.1 Å². The van der Waals surface area contributed by atoms with Crippen molar-refractivity contribution in [1.82, 2.24) is 5.32 Å². The summed E-state index contributed by atoms with van der Waals surface area (Å²) in [5.74, 6) is -0.0477. The molecule has 0 saturated heterocycles. The molecule has 110 valence electrons. The number of carboxylic acid groups (broad SMARTS) is 1. The number of rotatable bonds is 7. The SMILES string of the molecule is CCOc1cccc(CNCc2ccccc2C(=O)O)c1.